The van der Waals surface area contributed by atoms with Crippen LogP contribution in [-0.2, 0) is 11.3 Å². The third-order valence-corrected chi connectivity index (χ3v) is 3.54. The quantitative estimate of drug-likeness (QED) is 0.697. The molecule has 0 spiro atoms. The number of hydrogen-bond acceptors (Lipinski definition) is 3. The summed E-state index contributed by atoms with van der Waals surface area (Å²) < 4.78 is 11.0. The zero-order chi connectivity index (χ0) is 14.2. The fraction of sp³-hybridized carbons (Fsp3) is 0.500. The summed E-state index contributed by atoms with van der Waals surface area (Å²) >= 11 is 6.13. The maximum Gasteiger partial charge on any atom is 0.199 e. The standard InChI is InChI=1S/C16H22ClNO2/c1-2-3-10-19-11-6-9-18-12-14-13-7-4-5-8-15(13)20-16(14)17/h4-5,7-8,18H,2-3,6,9-12H2,1H3. The van der Waals surface area contributed by atoms with Crippen molar-refractivity contribution in [3.05, 3.63) is 35.0 Å². The van der Waals surface area contributed by atoms with E-state index in [0.717, 1.165) is 55.7 Å². The fourth-order valence-electron chi connectivity index (χ4n) is 2.09. The lowest BCUT2D eigenvalue weighted by Crippen LogP contribution is -2.16. The van der Waals surface area contributed by atoms with E-state index < -0.39 is 0 Å². The normalized spacial score (nSPS) is 11.3. The summed E-state index contributed by atoms with van der Waals surface area (Å²) in [6.45, 7) is 5.50. The number of benzene rings is 1. The van der Waals surface area contributed by atoms with Crippen molar-refractivity contribution in [3.63, 3.8) is 0 Å². The Bertz CT molecular complexity index is 524. The molecule has 110 valence electrons. The minimum absolute atomic E-state index is 0.484. The smallest absolute Gasteiger partial charge is 0.199 e. The third-order valence-electron chi connectivity index (χ3n) is 3.24. The predicted molar refractivity (Wildman–Crippen MR) is 83.3 cm³/mol. The average Bonchev–Trinajstić information content (AvgIpc) is 2.78. The summed E-state index contributed by atoms with van der Waals surface area (Å²) in [6.07, 6.45) is 3.34. The van der Waals surface area contributed by atoms with Gasteiger partial charge in [0.05, 0.1) is 0 Å². The van der Waals surface area contributed by atoms with Crippen LogP contribution in [0.2, 0.25) is 5.22 Å². The lowest BCUT2D eigenvalue weighted by Gasteiger charge is -2.05. The first-order valence-corrected chi connectivity index (χ1v) is 7.65. The molecule has 0 saturated heterocycles. The molecule has 3 nitrogen and oxygen atoms in total. The molecule has 2 aromatic rings. The van der Waals surface area contributed by atoms with E-state index in [1.807, 2.05) is 24.3 Å². The zero-order valence-electron chi connectivity index (χ0n) is 12.0. The van der Waals surface area contributed by atoms with E-state index in [4.69, 9.17) is 20.8 Å². The monoisotopic (exact) mass is 295 g/mol. The van der Waals surface area contributed by atoms with Gasteiger partial charge in [-0.05, 0) is 37.1 Å². The van der Waals surface area contributed by atoms with Crippen molar-refractivity contribution in [1.82, 2.24) is 5.32 Å². The number of unbranched alkanes of at least 4 members (excludes halogenated alkanes) is 1. The summed E-state index contributed by atoms with van der Waals surface area (Å²) in [4.78, 5) is 0. The first kappa shape index (κ1) is 15.4. The molecule has 0 unspecified atom stereocenters. The minimum Gasteiger partial charge on any atom is -0.444 e. The van der Waals surface area contributed by atoms with Crippen molar-refractivity contribution >= 4 is 22.6 Å². The summed E-state index contributed by atoms with van der Waals surface area (Å²) in [5.41, 5.74) is 1.88. The number of fused-ring (bicyclic) bond motifs is 1. The zero-order valence-corrected chi connectivity index (χ0v) is 12.7. The summed E-state index contributed by atoms with van der Waals surface area (Å²) in [5, 5.41) is 4.96. The van der Waals surface area contributed by atoms with Crippen LogP contribution >= 0.6 is 11.6 Å². The Labute approximate surface area is 125 Å². The number of hydrogen-bond donors (Lipinski definition) is 1. The van der Waals surface area contributed by atoms with Crippen LogP contribution in [0, 0.1) is 0 Å². The molecule has 20 heavy (non-hydrogen) atoms. The van der Waals surface area contributed by atoms with Gasteiger partial charge in [0.2, 0.25) is 0 Å². The lowest BCUT2D eigenvalue weighted by atomic mass is 10.2. The Kier molecular flexibility index (Phi) is 6.37. The fourth-order valence-corrected chi connectivity index (χ4v) is 2.35. The number of furan rings is 1. The highest BCUT2D eigenvalue weighted by atomic mass is 35.5. The Morgan fingerprint density at radius 2 is 2.00 bits per heavy atom. The molecule has 0 atom stereocenters. The molecule has 0 aliphatic rings. The van der Waals surface area contributed by atoms with Crippen LogP contribution in [0.3, 0.4) is 0 Å². The largest absolute Gasteiger partial charge is 0.444 e. The van der Waals surface area contributed by atoms with Crippen molar-refractivity contribution < 1.29 is 9.15 Å². The van der Waals surface area contributed by atoms with Gasteiger partial charge in [-0.2, -0.15) is 0 Å². The van der Waals surface area contributed by atoms with Crippen LogP contribution in [0.1, 0.15) is 31.7 Å². The molecule has 1 heterocycles. The maximum atomic E-state index is 6.13. The van der Waals surface area contributed by atoms with E-state index in [1.54, 1.807) is 0 Å². The van der Waals surface area contributed by atoms with E-state index in [9.17, 15) is 0 Å². The van der Waals surface area contributed by atoms with Crippen LogP contribution in [-0.4, -0.2) is 19.8 Å². The molecule has 0 bridgehead atoms. The molecular weight excluding hydrogens is 274 g/mol. The number of halogens is 1. The van der Waals surface area contributed by atoms with Crippen LogP contribution in [0.25, 0.3) is 11.0 Å². The molecular formula is C16H22ClNO2. The van der Waals surface area contributed by atoms with Crippen molar-refractivity contribution in [1.29, 1.82) is 0 Å². The molecule has 0 saturated carbocycles. The van der Waals surface area contributed by atoms with Crippen LogP contribution in [0.5, 0.6) is 0 Å². The number of ether oxygens (including phenoxy) is 1. The second-order valence-corrected chi connectivity index (χ2v) is 5.19. The predicted octanol–water partition coefficient (Wildman–Crippen LogP) is 4.38. The van der Waals surface area contributed by atoms with Crippen molar-refractivity contribution in [3.8, 4) is 0 Å². The minimum atomic E-state index is 0.484. The highest BCUT2D eigenvalue weighted by Crippen LogP contribution is 2.29. The lowest BCUT2D eigenvalue weighted by molar-refractivity contribution is 0.129. The van der Waals surface area contributed by atoms with Gasteiger partial charge in [-0.3, -0.25) is 0 Å². The Hall–Kier alpha value is -1.03. The Morgan fingerprint density at radius 3 is 2.85 bits per heavy atom. The molecule has 1 aromatic carbocycles. The second kappa shape index (κ2) is 8.30. The first-order chi connectivity index (χ1) is 9.83. The Balaban J connectivity index is 1.72. The van der Waals surface area contributed by atoms with Crippen molar-refractivity contribution in [2.75, 3.05) is 19.8 Å². The van der Waals surface area contributed by atoms with Gasteiger partial charge < -0.3 is 14.5 Å². The van der Waals surface area contributed by atoms with Gasteiger partial charge in [-0.15, -0.1) is 0 Å². The summed E-state index contributed by atoms with van der Waals surface area (Å²) in [7, 11) is 0. The van der Waals surface area contributed by atoms with Gasteiger partial charge in [-0.1, -0.05) is 31.5 Å². The van der Waals surface area contributed by atoms with Gasteiger partial charge in [-0.25, -0.2) is 0 Å². The number of nitrogens with one attached hydrogen (secondary N) is 1. The summed E-state index contributed by atoms with van der Waals surface area (Å²) in [6, 6.07) is 7.92. The third kappa shape index (κ3) is 4.23. The molecule has 1 N–H and O–H groups in total. The first-order valence-electron chi connectivity index (χ1n) is 7.27. The molecule has 4 heteroatoms. The van der Waals surface area contributed by atoms with Gasteiger partial charge in [0.25, 0.3) is 0 Å². The molecule has 0 amide bonds. The van der Waals surface area contributed by atoms with Crippen LogP contribution in [0.15, 0.2) is 28.7 Å². The van der Waals surface area contributed by atoms with E-state index in [1.165, 1.54) is 6.42 Å². The van der Waals surface area contributed by atoms with E-state index in [0.29, 0.717) is 5.22 Å². The highest BCUT2D eigenvalue weighted by Gasteiger charge is 2.10. The SMILES string of the molecule is CCCCOCCCNCc1c(Cl)oc2ccccc12. The molecule has 1 aromatic heterocycles. The van der Waals surface area contributed by atoms with Crippen LogP contribution in [0.4, 0.5) is 0 Å². The van der Waals surface area contributed by atoms with Gasteiger partial charge in [0.1, 0.15) is 5.58 Å². The molecule has 0 radical (unpaired) electrons. The van der Waals surface area contributed by atoms with E-state index >= 15 is 0 Å². The van der Waals surface area contributed by atoms with E-state index in [-0.39, 0.29) is 0 Å². The molecule has 0 fully saturated rings. The molecule has 0 aliphatic carbocycles. The number of rotatable bonds is 9. The summed E-state index contributed by atoms with van der Waals surface area (Å²) in [5.74, 6) is 0. The second-order valence-electron chi connectivity index (χ2n) is 4.85. The number of para-hydroxylation sites is 1. The van der Waals surface area contributed by atoms with Gasteiger partial charge in [0, 0.05) is 30.7 Å². The van der Waals surface area contributed by atoms with Crippen molar-refractivity contribution in [2.45, 2.75) is 32.7 Å². The molecule has 0 aliphatic heterocycles. The van der Waals surface area contributed by atoms with Crippen LogP contribution < -0.4 is 5.32 Å². The molecule has 2 rings (SSSR count). The topological polar surface area (TPSA) is 34.4 Å². The maximum absolute atomic E-state index is 6.13. The Morgan fingerprint density at radius 1 is 1.20 bits per heavy atom. The average molecular weight is 296 g/mol. The van der Waals surface area contributed by atoms with Gasteiger partial charge >= 0.3 is 0 Å². The van der Waals surface area contributed by atoms with E-state index in [2.05, 4.69) is 12.2 Å². The highest BCUT2D eigenvalue weighted by molar-refractivity contribution is 6.30. The van der Waals surface area contributed by atoms with Crippen molar-refractivity contribution in [2.24, 2.45) is 0 Å². The van der Waals surface area contributed by atoms with Gasteiger partial charge in [0.15, 0.2) is 5.22 Å².